The van der Waals surface area contributed by atoms with Crippen LogP contribution in [0.3, 0.4) is 0 Å². The van der Waals surface area contributed by atoms with E-state index in [4.69, 9.17) is 5.26 Å². The van der Waals surface area contributed by atoms with Crippen molar-refractivity contribution in [2.75, 3.05) is 0 Å². The number of carbonyl (C=O) groups is 1. The summed E-state index contributed by atoms with van der Waals surface area (Å²) in [5.41, 5.74) is 2.22. The summed E-state index contributed by atoms with van der Waals surface area (Å²) in [5.74, 6) is 0.0518. The predicted octanol–water partition coefficient (Wildman–Crippen LogP) is 1.40. The third-order valence-corrected chi connectivity index (χ3v) is 3.44. The molecule has 0 aliphatic rings. The van der Waals surface area contributed by atoms with Gasteiger partial charge in [0.1, 0.15) is 18.2 Å². The average Bonchev–Trinajstić information content (AvgIpc) is 2.86. The first kappa shape index (κ1) is 15.1. The van der Waals surface area contributed by atoms with Gasteiger partial charge in [0.05, 0.1) is 24.7 Å². The van der Waals surface area contributed by atoms with Gasteiger partial charge in [-0.05, 0) is 26.0 Å². The van der Waals surface area contributed by atoms with Gasteiger partial charge in [0, 0.05) is 11.3 Å². The van der Waals surface area contributed by atoms with Crippen molar-refractivity contribution in [1.29, 1.82) is 5.26 Å². The number of nitriles is 1. The molecule has 106 valence electrons. The zero-order valence-corrected chi connectivity index (χ0v) is 12.6. The number of aryl methyl sites for hydroxylation is 1. The fourth-order valence-electron chi connectivity index (χ4n) is 2.23. The Balaban J connectivity index is 2.07. The normalized spacial score (nSPS) is 10.6. The van der Waals surface area contributed by atoms with Crippen molar-refractivity contribution in [3.8, 4) is 6.07 Å². The summed E-state index contributed by atoms with van der Waals surface area (Å²) in [7, 11) is 3.91. The third-order valence-electron chi connectivity index (χ3n) is 3.44. The first-order valence-corrected chi connectivity index (χ1v) is 6.96. The van der Waals surface area contributed by atoms with E-state index >= 15 is 0 Å². The van der Waals surface area contributed by atoms with E-state index in [1.54, 1.807) is 24.3 Å². The van der Waals surface area contributed by atoms with Crippen molar-refractivity contribution < 1.29 is 9.36 Å². The second-order valence-electron chi connectivity index (χ2n) is 5.29. The lowest BCUT2D eigenvalue weighted by atomic mass is 9.70. The Morgan fingerprint density at radius 2 is 2.05 bits per heavy atom. The van der Waals surface area contributed by atoms with Gasteiger partial charge in [0.2, 0.25) is 0 Å². The molecule has 2 radical (unpaired) electrons. The van der Waals surface area contributed by atoms with Gasteiger partial charge >= 0.3 is 0 Å². The molecule has 0 saturated carbocycles. The van der Waals surface area contributed by atoms with Crippen LogP contribution in [-0.4, -0.2) is 17.6 Å². The standard InChI is InChI=1S/C16H18BN3O/c1-12(2)20-9-8-19(3)16(20)17-10-15(21)14-6-4-13(11-18)5-7-14/h4-9,12H,10H2,1-3H3. The summed E-state index contributed by atoms with van der Waals surface area (Å²) in [5, 5.41) is 8.76. The number of imidazole rings is 1. The van der Waals surface area contributed by atoms with Crippen LogP contribution in [0.2, 0.25) is 6.32 Å². The molecule has 0 fully saturated rings. The molecule has 1 heterocycles. The predicted molar refractivity (Wildman–Crippen MR) is 81.7 cm³/mol. The van der Waals surface area contributed by atoms with E-state index in [0.717, 1.165) is 5.72 Å². The molecule has 5 heteroatoms. The number of benzene rings is 1. The van der Waals surface area contributed by atoms with Gasteiger partial charge in [-0.15, -0.1) is 0 Å². The molecule has 1 aromatic heterocycles. The molecule has 0 bridgehead atoms. The van der Waals surface area contributed by atoms with E-state index < -0.39 is 0 Å². The van der Waals surface area contributed by atoms with E-state index in [9.17, 15) is 4.79 Å². The van der Waals surface area contributed by atoms with Crippen LogP contribution in [-0.2, 0) is 7.05 Å². The van der Waals surface area contributed by atoms with E-state index in [0.29, 0.717) is 23.5 Å². The Hall–Kier alpha value is -2.35. The topological polar surface area (TPSA) is 49.7 Å². The Kier molecular flexibility index (Phi) is 4.59. The minimum atomic E-state index is 0.0518. The van der Waals surface area contributed by atoms with Crippen molar-refractivity contribution in [2.24, 2.45) is 7.05 Å². The van der Waals surface area contributed by atoms with Crippen LogP contribution in [0.15, 0.2) is 36.7 Å². The van der Waals surface area contributed by atoms with Gasteiger partial charge < -0.3 is 0 Å². The van der Waals surface area contributed by atoms with Crippen molar-refractivity contribution >= 4 is 18.8 Å². The number of nitrogens with zero attached hydrogens (tertiary/aromatic N) is 3. The minimum absolute atomic E-state index is 0.0518. The van der Waals surface area contributed by atoms with Gasteiger partial charge in [-0.25, -0.2) is 0 Å². The zero-order valence-electron chi connectivity index (χ0n) is 12.6. The second kappa shape index (κ2) is 6.40. The zero-order chi connectivity index (χ0) is 15.4. The quantitative estimate of drug-likeness (QED) is 0.472. The molecule has 0 saturated heterocycles. The lowest BCUT2D eigenvalue weighted by Gasteiger charge is -2.16. The number of hydrogen-bond acceptors (Lipinski definition) is 2. The first-order valence-electron chi connectivity index (χ1n) is 6.96. The Bertz CT molecular complexity index is 681. The van der Waals surface area contributed by atoms with Gasteiger partial charge in [-0.1, -0.05) is 12.1 Å². The minimum Gasteiger partial charge on any atom is -0.298 e. The van der Waals surface area contributed by atoms with Crippen LogP contribution >= 0.6 is 0 Å². The summed E-state index contributed by atoms with van der Waals surface area (Å²) >= 11 is 0. The Morgan fingerprint density at radius 1 is 1.38 bits per heavy atom. The number of aromatic nitrogens is 2. The van der Waals surface area contributed by atoms with Gasteiger partial charge in [0.15, 0.2) is 0 Å². The van der Waals surface area contributed by atoms with E-state index in [2.05, 4.69) is 18.4 Å². The van der Waals surface area contributed by atoms with Gasteiger partial charge in [-0.3, -0.25) is 13.9 Å². The van der Waals surface area contributed by atoms with Crippen LogP contribution in [0.1, 0.15) is 35.8 Å². The maximum Gasteiger partial charge on any atom is 0.126 e. The number of hydrogen-bond donors (Lipinski definition) is 0. The molecule has 0 spiro atoms. The molecule has 2 rings (SSSR count). The highest BCUT2D eigenvalue weighted by Crippen LogP contribution is 2.07. The van der Waals surface area contributed by atoms with Crippen molar-refractivity contribution in [2.45, 2.75) is 26.2 Å². The molecule has 0 N–H and O–H groups in total. The molecule has 0 aliphatic heterocycles. The van der Waals surface area contributed by atoms with Gasteiger partial charge in [0.25, 0.3) is 0 Å². The molecule has 0 atom stereocenters. The van der Waals surface area contributed by atoms with E-state index in [1.165, 1.54) is 0 Å². The highest BCUT2D eigenvalue weighted by Gasteiger charge is 2.09. The monoisotopic (exact) mass is 279 g/mol. The number of rotatable bonds is 5. The largest absolute Gasteiger partial charge is 0.298 e. The highest BCUT2D eigenvalue weighted by atomic mass is 16.1. The van der Waals surface area contributed by atoms with E-state index in [1.807, 2.05) is 37.4 Å². The fourth-order valence-corrected chi connectivity index (χ4v) is 2.23. The molecule has 0 amide bonds. The van der Waals surface area contributed by atoms with Crippen molar-refractivity contribution in [3.05, 3.63) is 47.8 Å². The maximum absolute atomic E-state index is 12.2. The summed E-state index contributed by atoms with van der Waals surface area (Å²) in [4.78, 5) is 12.2. The number of ketones is 1. The van der Waals surface area contributed by atoms with Crippen molar-refractivity contribution in [1.82, 2.24) is 4.57 Å². The molecule has 0 aliphatic carbocycles. The summed E-state index contributed by atoms with van der Waals surface area (Å²) < 4.78 is 4.14. The summed E-state index contributed by atoms with van der Waals surface area (Å²) in [6, 6.07) is 9.15. The lowest BCUT2D eigenvalue weighted by molar-refractivity contribution is -0.653. The third kappa shape index (κ3) is 3.40. The lowest BCUT2D eigenvalue weighted by Crippen LogP contribution is -2.50. The smallest absolute Gasteiger partial charge is 0.126 e. The van der Waals surface area contributed by atoms with E-state index in [-0.39, 0.29) is 5.78 Å². The van der Waals surface area contributed by atoms with Crippen molar-refractivity contribution in [3.63, 3.8) is 0 Å². The molecule has 21 heavy (non-hydrogen) atoms. The maximum atomic E-state index is 12.2. The van der Waals surface area contributed by atoms with Crippen LogP contribution in [0.5, 0.6) is 0 Å². The van der Waals surface area contributed by atoms with Crippen LogP contribution in [0.4, 0.5) is 0 Å². The molecular weight excluding hydrogens is 261 g/mol. The number of Topliss-reactive ketones (excluding diaryl/α,β-unsaturated/α-hetero) is 1. The highest BCUT2D eigenvalue weighted by molar-refractivity contribution is 6.55. The molecule has 2 aromatic rings. The second-order valence-corrected chi connectivity index (χ2v) is 5.29. The summed E-state index contributed by atoms with van der Waals surface area (Å²) in [6.45, 7) is 4.22. The first-order chi connectivity index (χ1) is 10.0. The van der Waals surface area contributed by atoms with Crippen LogP contribution in [0.25, 0.3) is 0 Å². The average molecular weight is 279 g/mol. The molecular formula is C16H18BN3O. The van der Waals surface area contributed by atoms with Crippen LogP contribution < -0.4 is 10.3 Å². The Labute approximate surface area is 125 Å². The molecule has 0 unspecified atom stereocenters. The molecule has 4 nitrogen and oxygen atoms in total. The Morgan fingerprint density at radius 3 is 2.62 bits per heavy atom. The number of carbonyl (C=O) groups excluding carboxylic acids is 1. The summed E-state index contributed by atoms with van der Waals surface area (Å²) in [6.07, 6.45) is 4.34. The fraction of sp³-hybridized carbons (Fsp3) is 0.312. The SMILES string of the molecule is CC(C)n1cc[n+](C)c1[B-]CC(=O)c1ccc(C#N)cc1. The van der Waals surface area contributed by atoms with Crippen LogP contribution in [0, 0.1) is 11.3 Å². The van der Waals surface area contributed by atoms with Gasteiger partial charge in [-0.2, -0.15) is 18.9 Å². The molecule has 1 aromatic carbocycles.